The average Bonchev–Trinajstić information content (AvgIpc) is 2.36. The summed E-state index contributed by atoms with van der Waals surface area (Å²) in [5.74, 6) is 0.621. The van der Waals surface area contributed by atoms with Gasteiger partial charge in [0.1, 0.15) is 0 Å². The monoisotopic (exact) mass is 157 g/mol. The molecule has 2 N–H and O–H groups in total. The second-order valence-corrected chi connectivity index (χ2v) is 3.18. The van der Waals surface area contributed by atoms with E-state index in [1.807, 2.05) is 6.92 Å². The summed E-state index contributed by atoms with van der Waals surface area (Å²) in [6.07, 6.45) is 1.66. The van der Waals surface area contributed by atoms with Crippen LogP contribution in [0.5, 0.6) is 0 Å². The van der Waals surface area contributed by atoms with Crippen molar-refractivity contribution in [1.29, 1.82) is 0 Å². The first-order chi connectivity index (χ1) is 5.25. The van der Waals surface area contributed by atoms with Gasteiger partial charge in [-0.25, -0.2) is 0 Å². The van der Waals surface area contributed by atoms with Gasteiger partial charge in [-0.1, -0.05) is 6.92 Å². The summed E-state index contributed by atoms with van der Waals surface area (Å²) in [6, 6.07) is 0. The van der Waals surface area contributed by atoms with Crippen molar-refractivity contribution in [3.63, 3.8) is 0 Å². The first-order valence-corrected chi connectivity index (χ1v) is 4.14. The molecule has 1 amide bonds. The summed E-state index contributed by atoms with van der Waals surface area (Å²) in [7, 11) is 0. The number of aliphatic hydroxyl groups is 1. The van der Waals surface area contributed by atoms with Crippen LogP contribution in [0, 0.1) is 11.8 Å². The van der Waals surface area contributed by atoms with E-state index in [1.54, 1.807) is 0 Å². The van der Waals surface area contributed by atoms with Crippen LogP contribution >= 0.6 is 0 Å². The number of nitrogens with one attached hydrogen (secondary N) is 1. The van der Waals surface area contributed by atoms with Crippen LogP contribution in [-0.2, 0) is 4.79 Å². The molecule has 2 unspecified atom stereocenters. The number of aliphatic hydroxyl groups excluding tert-OH is 1. The van der Waals surface area contributed by atoms with Crippen molar-refractivity contribution in [3.05, 3.63) is 0 Å². The first-order valence-electron chi connectivity index (χ1n) is 4.14. The van der Waals surface area contributed by atoms with E-state index in [1.165, 1.54) is 0 Å². The fraction of sp³-hybridized carbons (Fsp3) is 0.875. The second kappa shape index (κ2) is 3.72. The molecule has 0 aliphatic carbocycles. The van der Waals surface area contributed by atoms with Crippen molar-refractivity contribution in [2.45, 2.75) is 19.8 Å². The third-order valence-electron chi connectivity index (χ3n) is 2.36. The third kappa shape index (κ3) is 1.93. The lowest BCUT2D eigenvalue weighted by molar-refractivity contribution is -0.123. The zero-order chi connectivity index (χ0) is 8.27. The summed E-state index contributed by atoms with van der Waals surface area (Å²) in [5, 5.41) is 11.4. The Morgan fingerprint density at radius 3 is 3.00 bits per heavy atom. The highest BCUT2D eigenvalue weighted by atomic mass is 16.3. The van der Waals surface area contributed by atoms with Crippen molar-refractivity contribution in [3.8, 4) is 0 Å². The summed E-state index contributed by atoms with van der Waals surface area (Å²) >= 11 is 0. The molecule has 1 fully saturated rings. The molecule has 0 bridgehead atoms. The molecule has 0 spiro atoms. The van der Waals surface area contributed by atoms with Crippen LogP contribution in [0.2, 0.25) is 0 Å². The van der Waals surface area contributed by atoms with Crippen molar-refractivity contribution >= 4 is 5.91 Å². The fourth-order valence-corrected chi connectivity index (χ4v) is 1.56. The van der Waals surface area contributed by atoms with Gasteiger partial charge in [0, 0.05) is 19.1 Å². The maximum atomic E-state index is 11.1. The summed E-state index contributed by atoms with van der Waals surface area (Å²) in [5.41, 5.74) is 0. The van der Waals surface area contributed by atoms with E-state index in [0.717, 1.165) is 19.4 Å². The van der Waals surface area contributed by atoms with Crippen molar-refractivity contribution in [2.24, 2.45) is 11.8 Å². The molecule has 1 aliphatic heterocycles. The number of carbonyl (C=O) groups excluding carboxylic acids is 1. The van der Waals surface area contributed by atoms with Gasteiger partial charge in [-0.05, 0) is 18.8 Å². The van der Waals surface area contributed by atoms with E-state index in [9.17, 15) is 4.79 Å². The first kappa shape index (κ1) is 8.53. The molecular formula is C8H15NO2. The third-order valence-corrected chi connectivity index (χ3v) is 2.36. The lowest BCUT2D eigenvalue weighted by Gasteiger charge is -2.14. The molecule has 0 saturated carbocycles. The normalized spacial score (nSPS) is 26.7. The smallest absolute Gasteiger partial charge is 0.223 e. The number of hydrogen-bond donors (Lipinski definition) is 2. The highest BCUT2D eigenvalue weighted by Crippen LogP contribution is 2.21. The number of amides is 1. The average molecular weight is 157 g/mol. The Hall–Kier alpha value is -0.570. The quantitative estimate of drug-likeness (QED) is 0.612. The Labute approximate surface area is 66.8 Å². The minimum absolute atomic E-state index is 0.141. The Balaban J connectivity index is 2.39. The SMILES string of the molecule is CC(CCO)C1CCNC1=O. The van der Waals surface area contributed by atoms with Crippen LogP contribution in [0.3, 0.4) is 0 Å². The van der Waals surface area contributed by atoms with Crippen LogP contribution in [-0.4, -0.2) is 24.2 Å². The molecule has 1 heterocycles. The maximum Gasteiger partial charge on any atom is 0.223 e. The molecule has 0 radical (unpaired) electrons. The predicted molar refractivity (Wildman–Crippen MR) is 42.0 cm³/mol. The van der Waals surface area contributed by atoms with Crippen LogP contribution in [0.4, 0.5) is 0 Å². The highest BCUT2D eigenvalue weighted by molar-refractivity contribution is 5.80. The van der Waals surface area contributed by atoms with E-state index < -0.39 is 0 Å². The zero-order valence-electron chi connectivity index (χ0n) is 6.84. The summed E-state index contributed by atoms with van der Waals surface area (Å²) in [4.78, 5) is 11.1. The topological polar surface area (TPSA) is 49.3 Å². The molecule has 2 atom stereocenters. The molecule has 11 heavy (non-hydrogen) atoms. The van der Waals surface area contributed by atoms with Gasteiger partial charge in [-0.3, -0.25) is 4.79 Å². The molecular weight excluding hydrogens is 142 g/mol. The molecule has 0 aromatic carbocycles. The van der Waals surface area contributed by atoms with Crippen molar-refractivity contribution in [1.82, 2.24) is 5.32 Å². The molecule has 1 aliphatic rings. The largest absolute Gasteiger partial charge is 0.396 e. The van der Waals surface area contributed by atoms with Gasteiger partial charge < -0.3 is 10.4 Å². The van der Waals surface area contributed by atoms with Gasteiger partial charge in [0.05, 0.1) is 0 Å². The molecule has 1 saturated heterocycles. The molecule has 3 nitrogen and oxygen atoms in total. The van der Waals surface area contributed by atoms with Crippen LogP contribution in [0.15, 0.2) is 0 Å². The van der Waals surface area contributed by atoms with Crippen LogP contribution < -0.4 is 5.32 Å². The lowest BCUT2D eigenvalue weighted by Crippen LogP contribution is -2.24. The molecule has 1 rings (SSSR count). The standard InChI is InChI=1S/C8H15NO2/c1-6(3-5-10)7-2-4-9-8(7)11/h6-7,10H,2-5H2,1H3,(H,9,11). The summed E-state index contributed by atoms with van der Waals surface area (Å²) < 4.78 is 0. The van der Waals surface area contributed by atoms with E-state index in [2.05, 4.69) is 5.32 Å². The van der Waals surface area contributed by atoms with E-state index in [0.29, 0.717) is 5.92 Å². The lowest BCUT2D eigenvalue weighted by atomic mass is 9.90. The Morgan fingerprint density at radius 1 is 1.82 bits per heavy atom. The Kier molecular flexibility index (Phi) is 2.88. The molecule has 0 aromatic rings. The Morgan fingerprint density at radius 2 is 2.55 bits per heavy atom. The minimum Gasteiger partial charge on any atom is -0.396 e. The van der Waals surface area contributed by atoms with E-state index in [4.69, 9.17) is 5.11 Å². The Bertz CT molecular complexity index is 147. The minimum atomic E-state index is 0.141. The van der Waals surface area contributed by atoms with Gasteiger partial charge in [-0.15, -0.1) is 0 Å². The van der Waals surface area contributed by atoms with E-state index >= 15 is 0 Å². The summed E-state index contributed by atoms with van der Waals surface area (Å²) in [6.45, 7) is 3.01. The van der Waals surface area contributed by atoms with Crippen LogP contribution in [0.25, 0.3) is 0 Å². The maximum absolute atomic E-state index is 11.1. The highest BCUT2D eigenvalue weighted by Gasteiger charge is 2.28. The zero-order valence-corrected chi connectivity index (χ0v) is 6.84. The number of hydrogen-bond acceptors (Lipinski definition) is 2. The molecule has 3 heteroatoms. The van der Waals surface area contributed by atoms with Gasteiger partial charge in [0.15, 0.2) is 0 Å². The number of rotatable bonds is 3. The van der Waals surface area contributed by atoms with Gasteiger partial charge in [-0.2, -0.15) is 0 Å². The molecule has 0 aromatic heterocycles. The van der Waals surface area contributed by atoms with Gasteiger partial charge in [0.25, 0.3) is 0 Å². The second-order valence-electron chi connectivity index (χ2n) is 3.18. The molecule has 64 valence electrons. The van der Waals surface area contributed by atoms with Crippen molar-refractivity contribution < 1.29 is 9.90 Å². The fourth-order valence-electron chi connectivity index (χ4n) is 1.56. The van der Waals surface area contributed by atoms with Crippen LogP contribution in [0.1, 0.15) is 19.8 Å². The van der Waals surface area contributed by atoms with Crippen molar-refractivity contribution in [2.75, 3.05) is 13.2 Å². The van der Waals surface area contributed by atoms with E-state index in [-0.39, 0.29) is 18.4 Å². The predicted octanol–water partition coefficient (Wildman–Crippen LogP) is 0.141. The van der Waals surface area contributed by atoms with Gasteiger partial charge >= 0.3 is 0 Å². The van der Waals surface area contributed by atoms with Gasteiger partial charge in [0.2, 0.25) is 5.91 Å². The number of carbonyl (C=O) groups is 1.